The van der Waals surface area contributed by atoms with Gasteiger partial charge in [-0.1, -0.05) is 0 Å². The van der Waals surface area contributed by atoms with Crippen LogP contribution in [-0.2, 0) is 13.2 Å². The lowest BCUT2D eigenvalue weighted by Gasteiger charge is -2.17. The van der Waals surface area contributed by atoms with Gasteiger partial charge in [0.05, 0.1) is 12.3 Å². The van der Waals surface area contributed by atoms with Crippen LogP contribution in [-0.4, -0.2) is 20.2 Å². The van der Waals surface area contributed by atoms with E-state index < -0.39 is 0 Å². The normalized spacial score (nSPS) is 12.3. The van der Waals surface area contributed by atoms with E-state index in [2.05, 4.69) is 15.3 Å². The third kappa shape index (κ3) is 3.12. The highest BCUT2D eigenvalue weighted by Crippen LogP contribution is 2.24. The van der Waals surface area contributed by atoms with E-state index in [0.717, 1.165) is 5.56 Å². The van der Waals surface area contributed by atoms with Gasteiger partial charge >= 0.3 is 0 Å². The molecule has 0 fully saturated rings. The van der Waals surface area contributed by atoms with Crippen LogP contribution in [0, 0.1) is 6.92 Å². The van der Waals surface area contributed by atoms with E-state index in [1.165, 1.54) is 0 Å². The Morgan fingerprint density at radius 1 is 1.30 bits per heavy atom. The molecule has 0 unspecified atom stereocenters. The maximum Gasteiger partial charge on any atom is 0.141 e. The molecule has 0 radical (unpaired) electrons. The lowest BCUT2D eigenvalue weighted by molar-refractivity contribution is 0.278. The average Bonchev–Trinajstić information content (AvgIpc) is 2.49. The molecule has 2 aromatic rings. The van der Waals surface area contributed by atoms with Gasteiger partial charge in [0, 0.05) is 42.3 Å². The zero-order valence-electron chi connectivity index (χ0n) is 11.7. The second-order valence-corrected chi connectivity index (χ2v) is 4.74. The molecule has 0 saturated carbocycles. The highest BCUT2D eigenvalue weighted by atomic mass is 16.3. The van der Waals surface area contributed by atoms with Crippen molar-refractivity contribution in [1.82, 2.24) is 15.3 Å². The van der Waals surface area contributed by atoms with Crippen molar-refractivity contribution in [1.29, 1.82) is 0 Å². The van der Waals surface area contributed by atoms with Gasteiger partial charge in [0.25, 0.3) is 0 Å². The third-order valence-corrected chi connectivity index (χ3v) is 3.39. The zero-order valence-corrected chi connectivity index (χ0v) is 11.7. The molecular formula is C15H19N3O2. The van der Waals surface area contributed by atoms with E-state index in [1.807, 2.05) is 19.1 Å². The lowest BCUT2D eigenvalue weighted by Crippen LogP contribution is -2.19. The van der Waals surface area contributed by atoms with Gasteiger partial charge in [-0.25, -0.2) is 0 Å². The Kier molecular flexibility index (Phi) is 4.65. The van der Waals surface area contributed by atoms with Crippen LogP contribution in [0.5, 0.6) is 5.75 Å². The minimum absolute atomic E-state index is 0.123. The molecule has 0 spiro atoms. The summed E-state index contributed by atoms with van der Waals surface area (Å²) in [6.07, 6.45) is 5.10. The Morgan fingerprint density at radius 3 is 2.65 bits per heavy atom. The first kappa shape index (κ1) is 14.4. The topological polar surface area (TPSA) is 78.3 Å². The fraction of sp³-hybridized carbons (Fsp3) is 0.333. The number of aliphatic hydroxyl groups excluding tert-OH is 1. The molecule has 5 nitrogen and oxygen atoms in total. The molecule has 3 N–H and O–H groups in total. The lowest BCUT2D eigenvalue weighted by atomic mass is 10.1. The van der Waals surface area contributed by atoms with E-state index in [0.29, 0.717) is 23.4 Å². The van der Waals surface area contributed by atoms with Gasteiger partial charge in [0.2, 0.25) is 0 Å². The standard InChI is InChI=1S/C15H19N3O2/c1-10(12-3-5-16-6-4-12)18-8-14-13(9-19)7-17-11(2)15(14)20/h3-7,10,18-20H,8-9H2,1-2H3/t10-/m0/s1. The van der Waals surface area contributed by atoms with Gasteiger partial charge in [-0.05, 0) is 31.5 Å². The van der Waals surface area contributed by atoms with Crippen molar-refractivity contribution in [3.8, 4) is 5.75 Å². The van der Waals surface area contributed by atoms with Crippen LogP contribution in [0.2, 0.25) is 0 Å². The molecule has 0 aliphatic carbocycles. The van der Waals surface area contributed by atoms with E-state index in [4.69, 9.17) is 0 Å². The monoisotopic (exact) mass is 273 g/mol. The summed E-state index contributed by atoms with van der Waals surface area (Å²) in [5, 5.41) is 22.7. The molecule has 2 aromatic heterocycles. The summed E-state index contributed by atoms with van der Waals surface area (Å²) in [6, 6.07) is 4.02. The second-order valence-electron chi connectivity index (χ2n) is 4.74. The Labute approximate surface area is 118 Å². The van der Waals surface area contributed by atoms with Gasteiger partial charge in [-0.3, -0.25) is 9.97 Å². The van der Waals surface area contributed by atoms with E-state index >= 15 is 0 Å². The van der Waals surface area contributed by atoms with Crippen LogP contribution in [0.1, 0.15) is 35.3 Å². The van der Waals surface area contributed by atoms with Gasteiger partial charge < -0.3 is 15.5 Å². The van der Waals surface area contributed by atoms with Gasteiger partial charge in [0.1, 0.15) is 5.75 Å². The Balaban J connectivity index is 2.13. The summed E-state index contributed by atoms with van der Waals surface area (Å²) in [4.78, 5) is 8.04. The summed E-state index contributed by atoms with van der Waals surface area (Å²) < 4.78 is 0. The van der Waals surface area contributed by atoms with Crippen molar-refractivity contribution in [3.63, 3.8) is 0 Å². The number of hydrogen-bond donors (Lipinski definition) is 3. The SMILES string of the molecule is Cc1ncc(CO)c(CN[C@@H](C)c2ccncc2)c1O. The van der Waals surface area contributed by atoms with E-state index in [1.54, 1.807) is 25.5 Å². The summed E-state index contributed by atoms with van der Waals surface area (Å²) in [7, 11) is 0. The number of nitrogens with zero attached hydrogens (tertiary/aromatic N) is 2. The molecule has 0 aromatic carbocycles. The Hall–Kier alpha value is -1.98. The van der Waals surface area contributed by atoms with E-state index in [-0.39, 0.29) is 18.4 Å². The van der Waals surface area contributed by atoms with Crippen molar-refractivity contribution in [2.45, 2.75) is 33.0 Å². The summed E-state index contributed by atoms with van der Waals surface area (Å²) in [6.45, 7) is 4.11. The van der Waals surface area contributed by atoms with Crippen LogP contribution < -0.4 is 5.32 Å². The second kappa shape index (κ2) is 6.45. The van der Waals surface area contributed by atoms with Crippen molar-refractivity contribution < 1.29 is 10.2 Å². The molecule has 2 heterocycles. The first-order valence-corrected chi connectivity index (χ1v) is 6.54. The minimum Gasteiger partial charge on any atom is -0.506 e. The molecule has 0 aliphatic rings. The van der Waals surface area contributed by atoms with Crippen LogP contribution in [0.15, 0.2) is 30.7 Å². The average molecular weight is 273 g/mol. The highest BCUT2D eigenvalue weighted by molar-refractivity contribution is 5.40. The predicted molar refractivity (Wildman–Crippen MR) is 76.1 cm³/mol. The molecule has 0 bridgehead atoms. The Morgan fingerprint density at radius 2 is 2.00 bits per heavy atom. The molecule has 5 heteroatoms. The maximum absolute atomic E-state index is 10.1. The van der Waals surface area contributed by atoms with Gasteiger partial charge in [-0.2, -0.15) is 0 Å². The highest BCUT2D eigenvalue weighted by Gasteiger charge is 2.12. The first-order valence-electron chi connectivity index (χ1n) is 6.54. The zero-order chi connectivity index (χ0) is 14.5. The summed E-state index contributed by atoms with van der Waals surface area (Å²) in [5.74, 6) is 0.144. The maximum atomic E-state index is 10.1. The van der Waals surface area contributed by atoms with Crippen LogP contribution in [0.25, 0.3) is 0 Å². The molecular weight excluding hydrogens is 254 g/mol. The smallest absolute Gasteiger partial charge is 0.141 e. The first-order chi connectivity index (χ1) is 9.63. The fourth-order valence-electron chi connectivity index (χ4n) is 2.04. The quantitative estimate of drug-likeness (QED) is 0.774. The van der Waals surface area contributed by atoms with Crippen molar-refractivity contribution >= 4 is 0 Å². The molecule has 0 saturated heterocycles. The number of hydrogen-bond acceptors (Lipinski definition) is 5. The summed E-state index contributed by atoms with van der Waals surface area (Å²) in [5.41, 5.74) is 3.02. The number of aromatic hydroxyl groups is 1. The number of aryl methyl sites for hydroxylation is 1. The predicted octanol–water partition coefficient (Wildman–Crippen LogP) is 1.83. The fourth-order valence-corrected chi connectivity index (χ4v) is 2.04. The third-order valence-electron chi connectivity index (χ3n) is 3.39. The molecule has 0 aliphatic heterocycles. The molecule has 20 heavy (non-hydrogen) atoms. The molecule has 2 rings (SSSR count). The minimum atomic E-state index is -0.137. The van der Waals surface area contributed by atoms with Crippen molar-refractivity contribution in [2.75, 3.05) is 0 Å². The van der Waals surface area contributed by atoms with Crippen molar-refractivity contribution in [2.24, 2.45) is 0 Å². The summed E-state index contributed by atoms with van der Waals surface area (Å²) >= 11 is 0. The van der Waals surface area contributed by atoms with E-state index in [9.17, 15) is 10.2 Å². The Bertz CT molecular complexity index is 573. The largest absolute Gasteiger partial charge is 0.506 e. The van der Waals surface area contributed by atoms with Crippen LogP contribution >= 0.6 is 0 Å². The number of aliphatic hydroxyl groups is 1. The number of rotatable bonds is 5. The molecule has 0 amide bonds. The van der Waals surface area contributed by atoms with Gasteiger partial charge in [-0.15, -0.1) is 0 Å². The van der Waals surface area contributed by atoms with Crippen molar-refractivity contribution in [3.05, 3.63) is 53.1 Å². The number of nitrogens with one attached hydrogen (secondary N) is 1. The molecule has 1 atom stereocenters. The van der Waals surface area contributed by atoms with Gasteiger partial charge in [0.15, 0.2) is 0 Å². The number of aromatic nitrogens is 2. The van der Waals surface area contributed by atoms with Crippen LogP contribution in [0.3, 0.4) is 0 Å². The molecule has 106 valence electrons. The van der Waals surface area contributed by atoms with Crippen LogP contribution in [0.4, 0.5) is 0 Å². The number of pyridine rings is 2.